The SMILES string of the molecule is CCNc1cc(NC2CC(C(=O)O)C2)nc(C)n1. The van der Waals surface area contributed by atoms with E-state index in [1.807, 2.05) is 19.9 Å². The maximum absolute atomic E-state index is 10.7. The molecule has 1 saturated carbocycles. The summed E-state index contributed by atoms with van der Waals surface area (Å²) >= 11 is 0. The van der Waals surface area contributed by atoms with Gasteiger partial charge in [-0.05, 0) is 26.7 Å². The lowest BCUT2D eigenvalue weighted by atomic mass is 9.80. The number of aromatic nitrogens is 2. The van der Waals surface area contributed by atoms with Crippen LogP contribution in [0, 0.1) is 12.8 Å². The number of rotatable bonds is 5. The van der Waals surface area contributed by atoms with E-state index in [-0.39, 0.29) is 12.0 Å². The van der Waals surface area contributed by atoms with Gasteiger partial charge in [0.15, 0.2) is 0 Å². The Labute approximate surface area is 106 Å². The predicted octanol–water partition coefficient (Wildman–Crippen LogP) is 1.49. The van der Waals surface area contributed by atoms with Crippen LogP contribution in [-0.4, -0.2) is 33.6 Å². The molecule has 2 rings (SSSR count). The van der Waals surface area contributed by atoms with Gasteiger partial charge < -0.3 is 15.7 Å². The van der Waals surface area contributed by atoms with E-state index < -0.39 is 5.97 Å². The van der Waals surface area contributed by atoms with Crippen molar-refractivity contribution in [3.8, 4) is 0 Å². The van der Waals surface area contributed by atoms with Crippen LogP contribution in [0.15, 0.2) is 6.07 Å². The van der Waals surface area contributed by atoms with E-state index in [2.05, 4.69) is 20.6 Å². The molecule has 18 heavy (non-hydrogen) atoms. The highest BCUT2D eigenvalue weighted by molar-refractivity contribution is 5.71. The number of carbonyl (C=O) groups is 1. The second-order valence-electron chi connectivity index (χ2n) is 4.56. The van der Waals surface area contributed by atoms with E-state index in [1.54, 1.807) is 0 Å². The second kappa shape index (κ2) is 5.20. The molecule has 1 aromatic heterocycles. The van der Waals surface area contributed by atoms with Crippen LogP contribution in [0.4, 0.5) is 11.6 Å². The van der Waals surface area contributed by atoms with Crippen molar-refractivity contribution < 1.29 is 9.90 Å². The first-order valence-corrected chi connectivity index (χ1v) is 6.17. The molecule has 6 heteroatoms. The molecule has 0 amide bonds. The van der Waals surface area contributed by atoms with Gasteiger partial charge in [0.25, 0.3) is 0 Å². The van der Waals surface area contributed by atoms with Crippen molar-refractivity contribution in [1.82, 2.24) is 9.97 Å². The van der Waals surface area contributed by atoms with Crippen molar-refractivity contribution in [3.05, 3.63) is 11.9 Å². The van der Waals surface area contributed by atoms with E-state index in [9.17, 15) is 4.79 Å². The van der Waals surface area contributed by atoms with Crippen molar-refractivity contribution in [1.29, 1.82) is 0 Å². The predicted molar refractivity (Wildman–Crippen MR) is 68.7 cm³/mol. The molecule has 6 nitrogen and oxygen atoms in total. The lowest BCUT2D eigenvalue weighted by molar-refractivity contribution is -0.144. The molecule has 1 heterocycles. The molecule has 0 saturated heterocycles. The quantitative estimate of drug-likeness (QED) is 0.734. The first-order valence-electron chi connectivity index (χ1n) is 6.17. The molecule has 1 fully saturated rings. The summed E-state index contributed by atoms with van der Waals surface area (Å²) in [7, 11) is 0. The molecule has 1 aromatic rings. The van der Waals surface area contributed by atoms with Crippen molar-refractivity contribution in [3.63, 3.8) is 0 Å². The van der Waals surface area contributed by atoms with Gasteiger partial charge in [-0.3, -0.25) is 4.79 Å². The summed E-state index contributed by atoms with van der Waals surface area (Å²) in [5, 5.41) is 15.2. The van der Waals surface area contributed by atoms with E-state index in [1.165, 1.54) is 0 Å². The molecule has 98 valence electrons. The third kappa shape index (κ3) is 2.88. The minimum Gasteiger partial charge on any atom is -0.481 e. The maximum Gasteiger partial charge on any atom is 0.306 e. The zero-order valence-corrected chi connectivity index (χ0v) is 10.6. The van der Waals surface area contributed by atoms with Gasteiger partial charge >= 0.3 is 5.97 Å². The lowest BCUT2D eigenvalue weighted by Gasteiger charge is -2.33. The fourth-order valence-electron chi connectivity index (χ4n) is 2.06. The van der Waals surface area contributed by atoms with Crippen molar-refractivity contribution >= 4 is 17.6 Å². The first kappa shape index (κ1) is 12.6. The third-order valence-corrected chi connectivity index (χ3v) is 3.04. The summed E-state index contributed by atoms with van der Waals surface area (Å²) in [5.74, 6) is 1.33. The van der Waals surface area contributed by atoms with E-state index in [0.29, 0.717) is 18.7 Å². The fraction of sp³-hybridized carbons (Fsp3) is 0.583. The van der Waals surface area contributed by atoms with Gasteiger partial charge in [0.1, 0.15) is 17.5 Å². The summed E-state index contributed by atoms with van der Waals surface area (Å²) in [6, 6.07) is 2.06. The smallest absolute Gasteiger partial charge is 0.306 e. The molecule has 0 unspecified atom stereocenters. The molecule has 0 aromatic carbocycles. The molecule has 1 aliphatic rings. The van der Waals surface area contributed by atoms with Crippen LogP contribution < -0.4 is 10.6 Å². The normalized spacial score (nSPS) is 22.1. The van der Waals surface area contributed by atoms with Gasteiger partial charge in [0, 0.05) is 18.7 Å². The molecular weight excluding hydrogens is 232 g/mol. The Kier molecular flexibility index (Phi) is 3.64. The minimum absolute atomic E-state index is 0.204. The second-order valence-corrected chi connectivity index (χ2v) is 4.56. The summed E-state index contributed by atoms with van der Waals surface area (Å²) in [4.78, 5) is 19.3. The van der Waals surface area contributed by atoms with E-state index >= 15 is 0 Å². The molecule has 0 atom stereocenters. The number of aliphatic carboxylic acids is 1. The Bertz CT molecular complexity index is 444. The van der Waals surface area contributed by atoms with Crippen LogP contribution in [-0.2, 0) is 4.79 Å². The molecule has 0 bridgehead atoms. The Hall–Kier alpha value is -1.85. The average Bonchev–Trinajstić information content (AvgIpc) is 2.22. The molecule has 1 aliphatic carbocycles. The monoisotopic (exact) mass is 250 g/mol. The Morgan fingerprint density at radius 3 is 2.72 bits per heavy atom. The van der Waals surface area contributed by atoms with Crippen LogP contribution >= 0.6 is 0 Å². The maximum atomic E-state index is 10.7. The number of anilines is 2. The number of aryl methyl sites for hydroxylation is 1. The van der Waals surface area contributed by atoms with Gasteiger partial charge in [0.2, 0.25) is 0 Å². The molecule has 0 aliphatic heterocycles. The van der Waals surface area contributed by atoms with Crippen molar-refractivity contribution in [2.24, 2.45) is 5.92 Å². The zero-order chi connectivity index (χ0) is 13.1. The van der Waals surface area contributed by atoms with Crippen LogP contribution in [0.5, 0.6) is 0 Å². The van der Waals surface area contributed by atoms with E-state index in [4.69, 9.17) is 5.11 Å². The number of carboxylic acid groups (broad SMARTS) is 1. The highest BCUT2D eigenvalue weighted by Gasteiger charge is 2.34. The number of hydrogen-bond acceptors (Lipinski definition) is 5. The van der Waals surface area contributed by atoms with Crippen LogP contribution in [0.1, 0.15) is 25.6 Å². The summed E-state index contributed by atoms with van der Waals surface area (Å²) in [6.45, 7) is 4.65. The zero-order valence-electron chi connectivity index (χ0n) is 10.6. The number of carboxylic acids is 1. The van der Waals surface area contributed by atoms with Gasteiger partial charge in [0.05, 0.1) is 5.92 Å². The number of nitrogens with one attached hydrogen (secondary N) is 2. The van der Waals surface area contributed by atoms with Gasteiger partial charge in [-0.25, -0.2) is 9.97 Å². The molecule has 0 spiro atoms. The minimum atomic E-state index is -0.708. The van der Waals surface area contributed by atoms with Crippen molar-refractivity contribution in [2.75, 3.05) is 17.2 Å². The lowest BCUT2D eigenvalue weighted by Crippen LogP contribution is -2.39. The fourth-order valence-corrected chi connectivity index (χ4v) is 2.06. The Morgan fingerprint density at radius 2 is 2.11 bits per heavy atom. The van der Waals surface area contributed by atoms with Crippen molar-refractivity contribution in [2.45, 2.75) is 32.7 Å². The van der Waals surface area contributed by atoms with Crippen LogP contribution in [0.25, 0.3) is 0 Å². The van der Waals surface area contributed by atoms with Gasteiger partial charge in [-0.1, -0.05) is 0 Å². The first-order chi connectivity index (χ1) is 8.58. The van der Waals surface area contributed by atoms with Crippen LogP contribution in [0.2, 0.25) is 0 Å². The Balaban J connectivity index is 1.95. The molecule has 3 N–H and O–H groups in total. The summed E-state index contributed by atoms with van der Waals surface area (Å²) in [6.07, 6.45) is 1.32. The number of hydrogen-bond donors (Lipinski definition) is 3. The Morgan fingerprint density at radius 1 is 1.44 bits per heavy atom. The largest absolute Gasteiger partial charge is 0.481 e. The third-order valence-electron chi connectivity index (χ3n) is 3.04. The number of nitrogens with zero attached hydrogens (tertiary/aromatic N) is 2. The van der Waals surface area contributed by atoms with Gasteiger partial charge in [-0.15, -0.1) is 0 Å². The average molecular weight is 250 g/mol. The van der Waals surface area contributed by atoms with E-state index in [0.717, 1.165) is 18.2 Å². The molecule has 0 radical (unpaired) electrons. The highest BCUT2D eigenvalue weighted by atomic mass is 16.4. The molecular formula is C12H18N4O2. The topological polar surface area (TPSA) is 87.1 Å². The summed E-state index contributed by atoms with van der Waals surface area (Å²) in [5.41, 5.74) is 0. The highest BCUT2D eigenvalue weighted by Crippen LogP contribution is 2.30. The van der Waals surface area contributed by atoms with Crippen LogP contribution in [0.3, 0.4) is 0 Å². The summed E-state index contributed by atoms with van der Waals surface area (Å²) < 4.78 is 0. The standard InChI is InChI=1S/C12H18N4O2/c1-3-13-10-6-11(15-7(2)14-10)16-9-4-8(5-9)12(17)18/h6,8-9H,3-5H2,1-2H3,(H,17,18)(H2,13,14,15,16). The van der Waals surface area contributed by atoms with Gasteiger partial charge in [-0.2, -0.15) is 0 Å².